The van der Waals surface area contributed by atoms with E-state index in [0.717, 1.165) is 0 Å². The largest absolute Gasteiger partial charge is 0.351 e. The lowest BCUT2D eigenvalue weighted by Gasteiger charge is -2.41. The van der Waals surface area contributed by atoms with E-state index in [2.05, 4.69) is 26.8 Å². The fourth-order valence-corrected chi connectivity index (χ4v) is 3.88. The molecule has 0 bridgehead atoms. The number of carbonyl (C=O) groups is 2. The molecule has 1 aliphatic heterocycles. The molecule has 2 atom stereocenters. The Morgan fingerprint density at radius 3 is 2.27 bits per heavy atom. The zero-order chi connectivity index (χ0) is 16.3. The monoisotopic (exact) mass is 307 g/mol. The van der Waals surface area contributed by atoms with Gasteiger partial charge < -0.3 is 15.5 Å². The van der Waals surface area contributed by atoms with Gasteiger partial charge in [0.05, 0.1) is 0 Å². The number of hydrogen-bond acceptors (Lipinski definition) is 2. The number of carbonyl (C=O) groups excluding carboxylic acids is 2. The zero-order valence-electron chi connectivity index (χ0n) is 14.0. The molecule has 0 aromatic rings. The summed E-state index contributed by atoms with van der Waals surface area (Å²) in [6, 6.07) is -0.402. The van der Waals surface area contributed by atoms with Gasteiger partial charge in [0.15, 0.2) is 0 Å². The number of nitrogens with two attached hydrogens (primary N) is 1. The Morgan fingerprint density at radius 2 is 1.73 bits per heavy atom. The van der Waals surface area contributed by atoms with Crippen LogP contribution in [0, 0.1) is 17.3 Å². The molecule has 2 fully saturated rings. The predicted molar refractivity (Wildman–Crippen MR) is 87.2 cm³/mol. The normalized spacial score (nSPS) is 28.9. The summed E-state index contributed by atoms with van der Waals surface area (Å²) in [5.74, 6) is 1.13. The van der Waals surface area contributed by atoms with E-state index in [1.807, 2.05) is 0 Å². The molecule has 5 heteroatoms. The highest BCUT2D eigenvalue weighted by atomic mass is 16.2. The van der Waals surface area contributed by atoms with Crippen LogP contribution in [-0.2, 0) is 4.79 Å². The number of nitrogens with zero attached hydrogens (tertiary/aromatic N) is 2. The summed E-state index contributed by atoms with van der Waals surface area (Å²) in [4.78, 5) is 26.8. The number of amides is 3. The first-order valence-corrected chi connectivity index (χ1v) is 8.33. The van der Waals surface area contributed by atoms with Crippen molar-refractivity contribution < 1.29 is 9.59 Å². The summed E-state index contributed by atoms with van der Waals surface area (Å²) in [5, 5.41) is 0. The van der Waals surface area contributed by atoms with E-state index in [9.17, 15) is 9.59 Å². The second-order valence-electron chi connectivity index (χ2n) is 7.39. The Morgan fingerprint density at radius 1 is 1.14 bits per heavy atom. The van der Waals surface area contributed by atoms with Gasteiger partial charge in [0.25, 0.3) is 0 Å². The molecular formula is C17H29N3O2. The van der Waals surface area contributed by atoms with Crippen molar-refractivity contribution in [2.75, 3.05) is 26.2 Å². The Bertz CT molecular complexity index is 451. The van der Waals surface area contributed by atoms with Crippen molar-refractivity contribution in [3.8, 4) is 0 Å². The third-order valence-electron chi connectivity index (χ3n) is 5.35. The molecule has 0 aromatic heterocycles. The van der Waals surface area contributed by atoms with Gasteiger partial charge in [0, 0.05) is 26.2 Å². The summed E-state index contributed by atoms with van der Waals surface area (Å²) in [6.45, 7) is 9.07. The molecule has 1 saturated carbocycles. The van der Waals surface area contributed by atoms with Crippen molar-refractivity contribution in [1.82, 2.24) is 9.80 Å². The van der Waals surface area contributed by atoms with Crippen LogP contribution >= 0.6 is 0 Å². The average Bonchev–Trinajstić information content (AvgIpc) is 2.46. The molecular weight excluding hydrogens is 278 g/mol. The van der Waals surface area contributed by atoms with Crippen molar-refractivity contribution in [3.05, 3.63) is 12.2 Å². The second-order valence-corrected chi connectivity index (χ2v) is 7.39. The molecule has 1 saturated heterocycles. The second kappa shape index (κ2) is 6.71. The Labute approximate surface area is 133 Å². The van der Waals surface area contributed by atoms with E-state index in [1.54, 1.807) is 15.9 Å². The molecule has 3 amide bonds. The van der Waals surface area contributed by atoms with E-state index in [-0.39, 0.29) is 11.3 Å². The first-order chi connectivity index (χ1) is 10.3. The number of rotatable bonds is 2. The van der Waals surface area contributed by atoms with E-state index >= 15 is 0 Å². The lowest BCUT2D eigenvalue weighted by Crippen LogP contribution is -2.51. The minimum Gasteiger partial charge on any atom is -0.351 e. The van der Waals surface area contributed by atoms with E-state index in [0.29, 0.717) is 38.0 Å². The number of piperazine rings is 1. The van der Waals surface area contributed by atoms with Crippen LogP contribution in [0.5, 0.6) is 0 Å². The highest BCUT2D eigenvalue weighted by Crippen LogP contribution is 2.44. The molecule has 0 unspecified atom stereocenters. The number of allylic oxidation sites excluding steroid dienone is 1. The van der Waals surface area contributed by atoms with Gasteiger partial charge in [0.2, 0.25) is 5.91 Å². The maximum Gasteiger partial charge on any atom is 0.314 e. The van der Waals surface area contributed by atoms with E-state index in [1.165, 1.54) is 19.3 Å². The molecule has 1 aliphatic carbocycles. The molecule has 0 radical (unpaired) electrons. The standard InChI is InChI=1S/C17H29N3O2/c1-13-5-4-8-17(2,3)14(13)6-7-15(21)19-9-11-20(12-10-19)16(18)22/h6-7,13-14H,4-5,8-12H2,1-3H3,(H2,18,22)/t13-,14-/m1/s1. The van der Waals surface area contributed by atoms with E-state index < -0.39 is 6.03 Å². The van der Waals surface area contributed by atoms with Gasteiger partial charge in [-0.3, -0.25) is 4.79 Å². The van der Waals surface area contributed by atoms with Crippen molar-refractivity contribution in [1.29, 1.82) is 0 Å². The van der Waals surface area contributed by atoms with Gasteiger partial charge >= 0.3 is 6.03 Å². The molecule has 5 nitrogen and oxygen atoms in total. The van der Waals surface area contributed by atoms with Gasteiger partial charge in [-0.05, 0) is 29.7 Å². The first-order valence-electron chi connectivity index (χ1n) is 8.33. The molecule has 2 aliphatic rings. The summed E-state index contributed by atoms with van der Waals surface area (Å²) in [5.41, 5.74) is 5.52. The summed E-state index contributed by atoms with van der Waals surface area (Å²) >= 11 is 0. The smallest absolute Gasteiger partial charge is 0.314 e. The highest BCUT2D eigenvalue weighted by molar-refractivity contribution is 5.87. The number of hydrogen-bond donors (Lipinski definition) is 1. The third-order valence-corrected chi connectivity index (χ3v) is 5.35. The third kappa shape index (κ3) is 3.81. The zero-order valence-corrected chi connectivity index (χ0v) is 14.0. The van der Waals surface area contributed by atoms with Crippen molar-refractivity contribution in [2.45, 2.75) is 40.0 Å². The van der Waals surface area contributed by atoms with Gasteiger partial charge in [0.1, 0.15) is 0 Å². The fourth-order valence-electron chi connectivity index (χ4n) is 3.88. The van der Waals surface area contributed by atoms with Crippen LogP contribution in [0.4, 0.5) is 4.79 Å². The lowest BCUT2D eigenvalue weighted by atomic mass is 9.64. The van der Waals surface area contributed by atoms with Gasteiger partial charge in [-0.2, -0.15) is 0 Å². The number of urea groups is 1. The van der Waals surface area contributed by atoms with E-state index in [4.69, 9.17) is 5.73 Å². The summed E-state index contributed by atoms with van der Waals surface area (Å²) in [6.07, 6.45) is 7.60. The minimum absolute atomic E-state index is 0.0534. The molecule has 1 heterocycles. The fraction of sp³-hybridized carbons (Fsp3) is 0.765. The quantitative estimate of drug-likeness (QED) is 0.795. The van der Waals surface area contributed by atoms with Gasteiger partial charge in [-0.1, -0.05) is 39.7 Å². The lowest BCUT2D eigenvalue weighted by molar-refractivity contribution is -0.127. The Hall–Kier alpha value is -1.52. The molecule has 2 N–H and O–H groups in total. The number of primary amides is 1. The Kier molecular flexibility index (Phi) is 5.14. The molecule has 0 aromatic carbocycles. The predicted octanol–water partition coefficient (Wildman–Crippen LogP) is 2.23. The van der Waals surface area contributed by atoms with Crippen LogP contribution in [0.1, 0.15) is 40.0 Å². The van der Waals surface area contributed by atoms with Gasteiger partial charge in [-0.15, -0.1) is 0 Å². The van der Waals surface area contributed by atoms with Crippen molar-refractivity contribution >= 4 is 11.9 Å². The minimum atomic E-state index is -0.402. The van der Waals surface area contributed by atoms with Crippen LogP contribution in [0.15, 0.2) is 12.2 Å². The average molecular weight is 307 g/mol. The SMILES string of the molecule is C[C@@H]1CCCC(C)(C)[C@@H]1C=CC(=O)N1CCN(C(N)=O)CC1. The summed E-state index contributed by atoms with van der Waals surface area (Å²) in [7, 11) is 0. The van der Waals surface area contributed by atoms with Gasteiger partial charge in [-0.25, -0.2) is 4.79 Å². The van der Waals surface area contributed by atoms with Crippen LogP contribution in [0.25, 0.3) is 0 Å². The Balaban J connectivity index is 1.92. The molecule has 2 rings (SSSR count). The summed E-state index contributed by atoms with van der Waals surface area (Å²) < 4.78 is 0. The van der Waals surface area contributed by atoms with Crippen LogP contribution in [-0.4, -0.2) is 47.9 Å². The molecule has 22 heavy (non-hydrogen) atoms. The maximum atomic E-state index is 12.3. The topological polar surface area (TPSA) is 66.6 Å². The first kappa shape index (κ1) is 16.8. The molecule has 124 valence electrons. The van der Waals surface area contributed by atoms with Crippen LogP contribution in [0.2, 0.25) is 0 Å². The van der Waals surface area contributed by atoms with Crippen LogP contribution in [0.3, 0.4) is 0 Å². The van der Waals surface area contributed by atoms with Crippen molar-refractivity contribution in [3.63, 3.8) is 0 Å². The maximum absolute atomic E-state index is 12.3. The highest BCUT2D eigenvalue weighted by Gasteiger charge is 2.35. The molecule has 0 spiro atoms. The van der Waals surface area contributed by atoms with Crippen LogP contribution < -0.4 is 5.73 Å². The van der Waals surface area contributed by atoms with Crippen molar-refractivity contribution in [2.24, 2.45) is 23.0 Å².